The van der Waals surface area contributed by atoms with Gasteiger partial charge < -0.3 is 9.64 Å². The normalized spacial score (nSPS) is 11.0. The lowest BCUT2D eigenvalue weighted by Gasteiger charge is -2.12. The van der Waals surface area contributed by atoms with Gasteiger partial charge in [-0.3, -0.25) is 0 Å². The third-order valence-corrected chi connectivity index (χ3v) is 4.39. The number of benzene rings is 2. The van der Waals surface area contributed by atoms with Crippen molar-refractivity contribution in [2.45, 2.75) is 13.8 Å². The largest absolute Gasteiger partial charge is 0.455 e. The Morgan fingerprint density at radius 3 is 2.68 bits per heavy atom. The molecule has 0 aliphatic rings. The summed E-state index contributed by atoms with van der Waals surface area (Å²) in [7, 11) is 1.98. The maximum absolute atomic E-state index is 6.34. The molecule has 2 rings (SSSR count). The van der Waals surface area contributed by atoms with Crippen molar-refractivity contribution in [2.24, 2.45) is 4.99 Å². The number of nitrogens with zero attached hydrogens (tertiary/aromatic N) is 2. The van der Waals surface area contributed by atoms with E-state index in [0.29, 0.717) is 10.8 Å². The highest BCUT2D eigenvalue weighted by molar-refractivity contribution is 14.1. The molecule has 5 heteroatoms. The number of aryl methyl sites for hydroxylation is 1. The van der Waals surface area contributed by atoms with Gasteiger partial charge in [-0.05, 0) is 66.3 Å². The van der Waals surface area contributed by atoms with Gasteiger partial charge in [0.1, 0.15) is 11.5 Å². The SMILES string of the molecule is CCN(C)C=Nc1cc(Cl)c(Oc2ccccc2I)cc1C. The van der Waals surface area contributed by atoms with E-state index in [1.807, 2.05) is 55.3 Å². The first-order chi connectivity index (χ1) is 10.5. The summed E-state index contributed by atoms with van der Waals surface area (Å²) in [4.78, 5) is 6.47. The van der Waals surface area contributed by atoms with Crippen molar-refractivity contribution < 1.29 is 4.74 Å². The van der Waals surface area contributed by atoms with E-state index in [9.17, 15) is 0 Å². The van der Waals surface area contributed by atoms with Gasteiger partial charge in [-0.2, -0.15) is 0 Å². The summed E-state index contributed by atoms with van der Waals surface area (Å²) in [5.41, 5.74) is 1.87. The fraction of sp³-hybridized carbons (Fsp3) is 0.235. The lowest BCUT2D eigenvalue weighted by Crippen LogP contribution is -2.14. The van der Waals surface area contributed by atoms with Crippen molar-refractivity contribution in [1.29, 1.82) is 0 Å². The minimum atomic E-state index is 0.552. The highest BCUT2D eigenvalue weighted by atomic mass is 127. The summed E-state index contributed by atoms with van der Waals surface area (Å²) in [5, 5.41) is 0.552. The minimum absolute atomic E-state index is 0.552. The summed E-state index contributed by atoms with van der Waals surface area (Å²) in [6.45, 7) is 4.98. The van der Waals surface area contributed by atoms with Gasteiger partial charge >= 0.3 is 0 Å². The molecule has 0 bridgehead atoms. The summed E-state index contributed by atoms with van der Waals surface area (Å²) in [6, 6.07) is 11.6. The zero-order valence-electron chi connectivity index (χ0n) is 12.8. The monoisotopic (exact) mass is 428 g/mol. The van der Waals surface area contributed by atoms with E-state index in [1.165, 1.54) is 0 Å². The zero-order valence-corrected chi connectivity index (χ0v) is 15.7. The Kier molecular flexibility index (Phi) is 6.08. The summed E-state index contributed by atoms with van der Waals surface area (Å²) < 4.78 is 6.96. The smallest absolute Gasteiger partial charge is 0.146 e. The van der Waals surface area contributed by atoms with Crippen LogP contribution in [0.5, 0.6) is 11.5 Å². The topological polar surface area (TPSA) is 24.8 Å². The Hall–Kier alpha value is -1.27. The maximum Gasteiger partial charge on any atom is 0.146 e. The van der Waals surface area contributed by atoms with Crippen molar-refractivity contribution in [1.82, 2.24) is 4.90 Å². The van der Waals surface area contributed by atoms with E-state index in [4.69, 9.17) is 16.3 Å². The van der Waals surface area contributed by atoms with Gasteiger partial charge in [-0.1, -0.05) is 23.7 Å². The van der Waals surface area contributed by atoms with Gasteiger partial charge in [0.05, 0.1) is 20.6 Å². The summed E-state index contributed by atoms with van der Waals surface area (Å²) >= 11 is 8.58. The first-order valence-electron chi connectivity index (χ1n) is 6.98. The first-order valence-corrected chi connectivity index (χ1v) is 8.44. The van der Waals surface area contributed by atoms with Gasteiger partial charge in [0.2, 0.25) is 0 Å². The molecule has 0 unspecified atom stereocenters. The lowest BCUT2D eigenvalue weighted by molar-refractivity contribution is 0.479. The van der Waals surface area contributed by atoms with Crippen molar-refractivity contribution in [3.63, 3.8) is 0 Å². The summed E-state index contributed by atoms with van der Waals surface area (Å²) in [6.07, 6.45) is 1.80. The predicted octanol–water partition coefficient (Wildman–Crippen LogP) is 5.66. The van der Waals surface area contributed by atoms with Gasteiger partial charge in [0.25, 0.3) is 0 Å². The highest BCUT2D eigenvalue weighted by Gasteiger charge is 2.09. The Morgan fingerprint density at radius 2 is 2.00 bits per heavy atom. The second kappa shape index (κ2) is 7.83. The van der Waals surface area contributed by atoms with Gasteiger partial charge in [-0.25, -0.2) is 4.99 Å². The van der Waals surface area contributed by atoms with E-state index in [0.717, 1.165) is 27.1 Å². The molecule has 0 heterocycles. The number of hydrogen-bond acceptors (Lipinski definition) is 2. The van der Waals surface area contributed by atoms with Gasteiger partial charge in [-0.15, -0.1) is 0 Å². The highest BCUT2D eigenvalue weighted by Crippen LogP contribution is 2.36. The summed E-state index contributed by atoms with van der Waals surface area (Å²) in [5.74, 6) is 1.44. The number of para-hydroxylation sites is 1. The van der Waals surface area contributed by atoms with Gasteiger partial charge in [0.15, 0.2) is 0 Å². The van der Waals surface area contributed by atoms with Crippen LogP contribution in [0.3, 0.4) is 0 Å². The molecule has 0 aliphatic heterocycles. The molecule has 0 fully saturated rings. The molecule has 22 heavy (non-hydrogen) atoms. The molecule has 0 aliphatic carbocycles. The average molecular weight is 429 g/mol. The number of hydrogen-bond donors (Lipinski definition) is 0. The molecule has 116 valence electrons. The van der Waals surface area contributed by atoms with Crippen LogP contribution in [-0.4, -0.2) is 24.8 Å². The molecule has 0 aromatic heterocycles. The molecule has 0 N–H and O–H groups in total. The molecule has 0 saturated carbocycles. The molecule has 0 atom stereocenters. The van der Waals surface area contributed by atoms with E-state index in [1.54, 1.807) is 6.34 Å². The van der Waals surface area contributed by atoms with Crippen molar-refractivity contribution in [3.8, 4) is 11.5 Å². The second-order valence-corrected chi connectivity index (χ2v) is 6.49. The molecule has 2 aromatic rings. The average Bonchev–Trinajstić information content (AvgIpc) is 2.51. The standard InChI is InChI=1S/C17H18ClIN2O/c1-4-21(3)11-20-15-10-13(18)17(9-12(15)2)22-16-8-6-5-7-14(16)19/h5-11H,4H2,1-3H3. The van der Waals surface area contributed by atoms with Crippen LogP contribution in [-0.2, 0) is 0 Å². The van der Waals surface area contributed by atoms with E-state index in [2.05, 4.69) is 34.5 Å². The third kappa shape index (κ3) is 4.36. The minimum Gasteiger partial charge on any atom is -0.455 e. The van der Waals surface area contributed by atoms with E-state index < -0.39 is 0 Å². The van der Waals surface area contributed by atoms with Crippen LogP contribution in [0.4, 0.5) is 5.69 Å². The van der Waals surface area contributed by atoms with Crippen molar-refractivity contribution >= 4 is 46.2 Å². The van der Waals surface area contributed by atoms with E-state index >= 15 is 0 Å². The molecule has 0 spiro atoms. The van der Waals surface area contributed by atoms with Crippen LogP contribution in [0.1, 0.15) is 12.5 Å². The second-order valence-electron chi connectivity index (χ2n) is 4.92. The molecule has 0 saturated heterocycles. The Bertz CT molecular complexity index is 688. The fourth-order valence-electron chi connectivity index (χ4n) is 1.75. The number of rotatable bonds is 5. The molecular formula is C17H18ClIN2O. The van der Waals surface area contributed by atoms with Crippen LogP contribution >= 0.6 is 34.2 Å². The third-order valence-electron chi connectivity index (χ3n) is 3.20. The Balaban J connectivity index is 2.27. The number of ether oxygens (including phenoxy) is 1. The van der Waals surface area contributed by atoms with Crippen LogP contribution in [0.2, 0.25) is 5.02 Å². The predicted molar refractivity (Wildman–Crippen MR) is 102 cm³/mol. The van der Waals surface area contributed by atoms with Gasteiger partial charge in [0, 0.05) is 13.6 Å². The molecule has 0 radical (unpaired) electrons. The Morgan fingerprint density at radius 1 is 1.27 bits per heavy atom. The van der Waals surface area contributed by atoms with Crippen LogP contribution in [0, 0.1) is 10.5 Å². The number of halogens is 2. The molecule has 2 aromatic carbocycles. The lowest BCUT2D eigenvalue weighted by atomic mass is 10.2. The van der Waals surface area contributed by atoms with Crippen LogP contribution in [0.25, 0.3) is 0 Å². The molecular weight excluding hydrogens is 411 g/mol. The zero-order chi connectivity index (χ0) is 16.1. The molecule has 0 amide bonds. The van der Waals surface area contributed by atoms with Crippen LogP contribution < -0.4 is 4.74 Å². The quantitative estimate of drug-likeness (QED) is 0.349. The number of aliphatic imine (C=N–C) groups is 1. The van der Waals surface area contributed by atoms with Crippen molar-refractivity contribution in [2.75, 3.05) is 13.6 Å². The fourth-order valence-corrected chi connectivity index (χ4v) is 2.44. The van der Waals surface area contributed by atoms with Crippen molar-refractivity contribution in [3.05, 3.63) is 50.6 Å². The molecule has 3 nitrogen and oxygen atoms in total. The Labute approximate surface area is 150 Å². The van der Waals surface area contributed by atoms with Crippen LogP contribution in [0.15, 0.2) is 41.4 Å². The maximum atomic E-state index is 6.34. The first kappa shape index (κ1) is 17.1. The van der Waals surface area contributed by atoms with E-state index in [-0.39, 0.29) is 0 Å².